The van der Waals surface area contributed by atoms with E-state index in [0.29, 0.717) is 0 Å². The Hall–Kier alpha value is -2.95. The van der Waals surface area contributed by atoms with Crippen molar-refractivity contribution in [1.29, 1.82) is 0 Å². The Bertz CT molecular complexity index is 866. The number of rotatable bonds is 5. The number of nitrogens with two attached hydrogens (primary N) is 1. The molecule has 0 aliphatic rings. The number of ether oxygens (including phenoxy) is 1. The molecular weight excluding hydrogens is 317 g/mol. The minimum absolute atomic E-state index is 0.0617. The van der Waals surface area contributed by atoms with Crippen LogP contribution in [0.1, 0.15) is 30.5 Å². The van der Waals surface area contributed by atoms with Gasteiger partial charge in [0.25, 0.3) is 0 Å². The maximum Gasteiger partial charge on any atom is 0.318 e. The van der Waals surface area contributed by atoms with Gasteiger partial charge in [0.15, 0.2) is 11.6 Å². The average molecular weight is 337 g/mol. The topological polar surface area (TPSA) is 61.0 Å². The van der Waals surface area contributed by atoms with Crippen molar-refractivity contribution in [2.75, 3.05) is 5.73 Å². The van der Waals surface area contributed by atoms with Gasteiger partial charge in [0.05, 0.1) is 6.20 Å². The first-order valence-electron chi connectivity index (χ1n) is 8.02. The van der Waals surface area contributed by atoms with Crippen molar-refractivity contribution in [2.24, 2.45) is 0 Å². The summed E-state index contributed by atoms with van der Waals surface area (Å²) in [5.41, 5.74) is 8.70. The lowest BCUT2D eigenvalue weighted by atomic mass is 9.78. The standard InChI is InChI=1S/C20H20FN3O/c1-20(2,15-8-4-3-5-9-15)16-10-6-7-14(11-16)13-25-19-23-12-17(21)18(22)24-19/h3-12H,13H2,1-2H3,(H2,22,23,24). The normalized spacial score (nSPS) is 11.3. The molecule has 2 aromatic carbocycles. The summed E-state index contributed by atoms with van der Waals surface area (Å²) in [6, 6.07) is 18.6. The van der Waals surface area contributed by atoms with E-state index in [1.165, 1.54) is 11.1 Å². The van der Waals surface area contributed by atoms with Gasteiger partial charge in [-0.25, -0.2) is 9.37 Å². The summed E-state index contributed by atoms with van der Waals surface area (Å²) < 4.78 is 18.6. The molecule has 0 saturated carbocycles. The Labute approximate surface area is 146 Å². The molecule has 3 aromatic rings. The van der Waals surface area contributed by atoms with E-state index < -0.39 is 5.82 Å². The van der Waals surface area contributed by atoms with E-state index >= 15 is 0 Å². The highest BCUT2D eigenvalue weighted by Gasteiger charge is 2.23. The minimum atomic E-state index is -0.654. The van der Waals surface area contributed by atoms with Crippen LogP contribution in [0.2, 0.25) is 0 Å². The van der Waals surface area contributed by atoms with Crippen molar-refractivity contribution in [3.63, 3.8) is 0 Å². The molecule has 1 aromatic heterocycles. The van der Waals surface area contributed by atoms with E-state index in [2.05, 4.69) is 48.1 Å². The lowest BCUT2D eigenvalue weighted by Gasteiger charge is -2.26. The second-order valence-electron chi connectivity index (χ2n) is 6.37. The second kappa shape index (κ2) is 6.89. The van der Waals surface area contributed by atoms with Crippen molar-refractivity contribution in [2.45, 2.75) is 25.9 Å². The van der Waals surface area contributed by atoms with Crippen molar-refractivity contribution in [3.05, 3.63) is 83.3 Å². The molecule has 128 valence electrons. The molecule has 0 saturated heterocycles. The van der Waals surface area contributed by atoms with E-state index in [0.717, 1.165) is 11.8 Å². The quantitative estimate of drug-likeness (QED) is 0.761. The molecule has 0 bridgehead atoms. The third-order valence-electron chi connectivity index (χ3n) is 4.26. The average Bonchev–Trinajstić information content (AvgIpc) is 2.64. The second-order valence-corrected chi connectivity index (χ2v) is 6.37. The van der Waals surface area contributed by atoms with Crippen LogP contribution in [0.5, 0.6) is 6.01 Å². The Balaban J connectivity index is 1.78. The monoisotopic (exact) mass is 337 g/mol. The fourth-order valence-corrected chi connectivity index (χ4v) is 2.65. The maximum atomic E-state index is 13.1. The zero-order chi connectivity index (χ0) is 17.9. The van der Waals surface area contributed by atoms with Crippen LogP contribution in [-0.2, 0) is 12.0 Å². The Kier molecular flexibility index (Phi) is 4.65. The summed E-state index contributed by atoms with van der Waals surface area (Å²) in [5, 5.41) is 0. The fraction of sp³-hybridized carbons (Fsp3) is 0.200. The first kappa shape index (κ1) is 16.9. The molecule has 4 nitrogen and oxygen atoms in total. The summed E-state index contributed by atoms with van der Waals surface area (Å²) >= 11 is 0. The lowest BCUT2D eigenvalue weighted by Crippen LogP contribution is -2.19. The van der Waals surface area contributed by atoms with E-state index in [1.807, 2.05) is 30.3 Å². The number of benzene rings is 2. The van der Waals surface area contributed by atoms with Crippen LogP contribution >= 0.6 is 0 Å². The van der Waals surface area contributed by atoms with Crippen molar-refractivity contribution in [1.82, 2.24) is 9.97 Å². The van der Waals surface area contributed by atoms with Gasteiger partial charge in [-0.05, 0) is 16.7 Å². The molecule has 2 N–H and O–H groups in total. The number of halogens is 1. The van der Waals surface area contributed by atoms with Crippen LogP contribution in [0.25, 0.3) is 0 Å². The van der Waals surface area contributed by atoms with Crippen LogP contribution in [-0.4, -0.2) is 9.97 Å². The van der Waals surface area contributed by atoms with Gasteiger partial charge in [-0.15, -0.1) is 0 Å². The SMILES string of the molecule is CC(C)(c1ccccc1)c1cccc(COc2ncc(F)c(N)n2)c1. The van der Waals surface area contributed by atoms with Gasteiger partial charge in [-0.3, -0.25) is 0 Å². The number of nitrogen functional groups attached to an aromatic ring is 1. The van der Waals surface area contributed by atoms with Crippen LogP contribution in [0.4, 0.5) is 10.2 Å². The molecular formula is C20H20FN3O. The molecule has 0 aliphatic heterocycles. The van der Waals surface area contributed by atoms with Gasteiger partial charge in [-0.1, -0.05) is 68.4 Å². The summed E-state index contributed by atoms with van der Waals surface area (Å²) in [6.07, 6.45) is 1.01. The maximum absolute atomic E-state index is 13.1. The molecule has 3 rings (SSSR count). The third kappa shape index (κ3) is 3.76. The largest absolute Gasteiger partial charge is 0.459 e. The minimum Gasteiger partial charge on any atom is -0.459 e. The van der Waals surface area contributed by atoms with Gasteiger partial charge in [0.2, 0.25) is 0 Å². The van der Waals surface area contributed by atoms with Gasteiger partial charge in [-0.2, -0.15) is 4.98 Å². The number of hydrogen-bond acceptors (Lipinski definition) is 4. The van der Waals surface area contributed by atoms with Gasteiger partial charge < -0.3 is 10.5 Å². The zero-order valence-electron chi connectivity index (χ0n) is 14.2. The van der Waals surface area contributed by atoms with Crippen molar-refractivity contribution >= 4 is 5.82 Å². The predicted molar refractivity (Wildman–Crippen MR) is 95.7 cm³/mol. The highest BCUT2D eigenvalue weighted by Crippen LogP contribution is 2.31. The van der Waals surface area contributed by atoms with E-state index in [4.69, 9.17) is 10.5 Å². The predicted octanol–water partition coefficient (Wildman–Crippen LogP) is 4.10. The van der Waals surface area contributed by atoms with Crippen molar-refractivity contribution in [3.8, 4) is 6.01 Å². The molecule has 0 atom stereocenters. The molecule has 25 heavy (non-hydrogen) atoms. The molecule has 1 heterocycles. The van der Waals surface area contributed by atoms with Gasteiger partial charge in [0.1, 0.15) is 6.61 Å². The molecule has 0 radical (unpaired) electrons. The zero-order valence-corrected chi connectivity index (χ0v) is 14.2. The number of hydrogen-bond donors (Lipinski definition) is 1. The first-order chi connectivity index (χ1) is 12.0. The summed E-state index contributed by atoms with van der Waals surface area (Å²) in [5.74, 6) is -0.872. The van der Waals surface area contributed by atoms with E-state index in [1.54, 1.807) is 0 Å². The number of anilines is 1. The molecule has 0 spiro atoms. The third-order valence-corrected chi connectivity index (χ3v) is 4.26. The Morgan fingerprint density at radius 2 is 1.76 bits per heavy atom. The van der Waals surface area contributed by atoms with Crippen LogP contribution < -0.4 is 10.5 Å². The first-order valence-corrected chi connectivity index (χ1v) is 8.02. The molecule has 0 fully saturated rings. The van der Waals surface area contributed by atoms with Crippen LogP contribution in [0.15, 0.2) is 60.8 Å². The van der Waals surface area contributed by atoms with Crippen LogP contribution in [0.3, 0.4) is 0 Å². The highest BCUT2D eigenvalue weighted by molar-refractivity contribution is 5.39. The molecule has 0 unspecified atom stereocenters. The van der Waals surface area contributed by atoms with Crippen LogP contribution in [0, 0.1) is 5.82 Å². The summed E-state index contributed by atoms with van der Waals surface area (Å²) in [4.78, 5) is 7.56. The number of aromatic nitrogens is 2. The Morgan fingerprint density at radius 3 is 2.48 bits per heavy atom. The van der Waals surface area contributed by atoms with Crippen molar-refractivity contribution < 1.29 is 9.13 Å². The summed E-state index contributed by atoms with van der Waals surface area (Å²) in [6.45, 7) is 4.65. The molecule has 0 aliphatic carbocycles. The van der Waals surface area contributed by atoms with Gasteiger partial charge in [0, 0.05) is 5.41 Å². The fourth-order valence-electron chi connectivity index (χ4n) is 2.65. The molecule has 0 amide bonds. The highest BCUT2D eigenvalue weighted by atomic mass is 19.1. The molecule has 5 heteroatoms. The number of nitrogens with zero attached hydrogens (tertiary/aromatic N) is 2. The van der Waals surface area contributed by atoms with Gasteiger partial charge >= 0.3 is 6.01 Å². The smallest absolute Gasteiger partial charge is 0.318 e. The Morgan fingerprint density at radius 1 is 1.04 bits per heavy atom. The summed E-state index contributed by atoms with van der Waals surface area (Å²) in [7, 11) is 0. The van der Waals surface area contributed by atoms with E-state index in [9.17, 15) is 4.39 Å². The van der Waals surface area contributed by atoms with E-state index in [-0.39, 0.29) is 23.9 Å². The lowest BCUT2D eigenvalue weighted by molar-refractivity contribution is 0.279.